The number of halogens is 1. The van der Waals surface area contributed by atoms with Crippen LogP contribution in [0.25, 0.3) is 10.8 Å². The number of piperazine rings is 1. The van der Waals surface area contributed by atoms with E-state index < -0.39 is 0 Å². The zero-order chi connectivity index (χ0) is 15.5. The van der Waals surface area contributed by atoms with Gasteiger partial charge in [0.25, 0.3) is 5.91 Å². The normalized spacial score (nSPS) is 18.5. The van der Waals surface area contributed by atoms with Crippen molar-refractivity contribution in [3.8, 4) is 5.75 Å². The van der Waals surface area contributed by atoms with Crippen LogP contribution in [0.3, 0.4) is 0 Å². The minimum Gasteiger partial charge on any atom is -0.483 e. The van der Waals surface area contributed by atoms with Crippen LogP contribution in [0, 0.1) is 0 Å². The number of hydrogen-bond donors (Lipinski definition) is 1. The molecule has 0 radical (unpaired) electrons. The van der Waals surface area contributed by atoms with Crippen molar-refractivity contribution < 1.29 is 9.53 Å². The highest BCUT2D eigenvalue weighted by atomic mass is 35.5. The smallest absolute Gasteiger partial charge is 0.260 e. The Balaban J connectivity index is 1.74. The van der Waals surface area contributed by atoms with Gasteiger partial charge in [0.2, 0.25) is 0 Å². The maximum Gasteiger partial charge on any atom is 0.260 e. The van der Waals surface area contributed by atoms with Crippen molar-refractivity contribution in [1.82, 2.24) is 10.2 Å². The predicted octanol–water partition coefficient (Wildman–Crippen LogP) is 2.69. The van der Waals surface area contributed by atoms with E-state index in [-0.39, 0.29) is 18.6 Å². The highest BCUT2D eigenvalue weighted by Gasteiger charge is 2.23. The highest BCUT2D eigenvalue weighted by molar-refractivity contribution is 6.35. The molecule has 0 aliphatic carbocycles. The first-order chi connectivity index (χ1) is 10.7. The molecular formula is C17H19ClN2O2. The van der Waals surface area contributed by atoms with Crippen LogP contribution in [0.4, 0.5) is 0 Å². The molecule has 2 aromatic carbocycles. The van der Waals surface area contributed by atoms with Crippen LogP contribution in [0.1, 0.15) is 6.92 Å². The molecule has 1 atom stereocenters. The van der Waals surface area contributed by atoms with Crippen molar-refractivity contribution in [3.63, 3.8) is 0 Å². The Bertz CT molecular complexity index is 689. The Hall–Kier alpha value is -1.78. The molecule has 0 aromatic heterocycles. The van der Waals surface area contributed by atoms with Crippen LogP contribution < -0.4 is 10.1 Å². The summed E-state index contributed by atoms with van der Waals surface area (Å²) in [6, 6.07) is 11.6. The van der Waals surface area contributed by atoms with Gasteiger partial charge in [-0.3, -0.25) is 4.79 Å². The van der Waals surface area contributed by atoms with E-state index in [1.165, 1.54) is 0 Å². The zero-order valence-corrected chi connectivity index (χ0v) is 13.3. The maximum absolute atomic E-state index is 12.3. The Morgan fingerprint density at radius 3 is 2.86 bits per heavy atom. The van der Waals surface area contributed by atoms with E-state index in [2.05, 4.69) is 5.32 Å². The number of rotatable bonds is 3. The first kappa shape index (κ1) is 15.1. The van der Waals surface area contributed by atoms with Gasteiger partial charge in [0.1, 0.15) is 5.75 Å². The summed E-state index contributed by atoms with van der Waals surface area (Å²) in [4.78, 5) is 14.2. The molecule has 3 rings (SSSR count). The summed E-state index contributed by atoms with van der Waals surface area (Å²) in [5.41, 5.74) is 0. The van der Waals surface area contributed by atoms with Gasteiger partial charge in [-0.15, -0.1) is 0 Å². The monoisotopic (exact) mass is 318 g/mol. The van der Waals surface area contributed by atoms with Crippen molar-refractivity contribution in [2.75, 3.05) is 26.2 Å². The second kappa shape index (κ2) is 6.55. The summed E-state index contributed by atoms with van der Waals surface area (Å²) in [6.07, 6.45) is 0. The Morgan fingerprint density at radius 2 is 2.09 bits per heavy atom. The van der Waals surface area contributed by atoms with E-state index in [1.807, 2.05) is 42.2 Å². The van der Waals surface area contributed by atoms with Crippen molar-refractivity contribution in [3.05, 3.63) is 41.4 Å². The fraction of sp³-hybridized carbons (Fsp3) is 0.353. The van der Waals surface area contributed by atoms with Gasteiger partial charge in [-0.05, 0) is 19.1 Å². The Labute approximate surface area is 135 Å². The lowest BCUT2D eigenvalue weighted by atomic mass is 10.1. The minimum absolute atomic E-state index is 0.0213. The molecule has 1 amide bonds. The average molecular weight is 319 g/mol. The number of carbonyl (C=O) groups is 1. The summed E-state index contributed by atoms with van der Waals surface area (Å²) in [5.74, 6) is 0.712. The number of carbonyl (C=O) groups excluding carboxylic acids is 1. The Morgan fingerprint density at radius 1 is 1.32 bits per heavy atom. The van der Waals surface area contributed by atoms with Crippen LogP contribution in [0.15, 0.2) is 36.4 Å². The van der Waals surface area contributed by atoms with E-state index in [4.69, 9.17) is 16.3 Å². The number of benzene rings is 2. The van der Waals surface area contributed by atoms with Crippen LogP contribution in [-0.4, -0.2) is 43.1 Å². The lowest BCUT2D eigenvalue weighted by Gasteiger charge is -2.33. The SMILES string of the molecule is C[C@H]1CNCCN1C(=O)COc1ccc(Cl)c2ccccc12. The molecule has 0 bridgehead atoms. The number of nitrogens with one attached hydrogen (secondary N) is 1. The highest BCUT2D eigenvalue weighted by Crippen LogP contribution is 2.31. The van der Waals surface area contributed by atoms with Crippen LogP contribution in [-0.2, 0) is 4.79 Å². The summed E-state index contributed by atoms with van der Waals surface area (Å²) in [7, 11) is 0. The standard InChI is InChI=1S/C17H19ClN2O2/c1-12-10-19-8-9-20(12)17(21)11-22-16-7-6-15(18)13-4-2-3-5-14(13)16/h2-7,12,19H,8-11H2,1H3/t12-/m0/s1. The molecule has 1 heterocycles. The zero-order valence-electron chi connectivity index (χ0n) is 12.5. The van der Waals surface area contributed by atoms with E-state index in [0.29, 0.717) is 10.8 Å². The van der Waals surface area contributed by atoms with E-state index in [9.17, 15) is 4.79 Å². The summed E-state index contributed by atoms with van der Waals surface area (Å²) in [5, 5.41) is 5.82. The second-order valence-corrected chi connectivity index (χ2v) is 5.93. The number of hydrogen-bond acceptors (Lipinski definition) is 3. The molecule has 0 spiro atoms. The van der Waals surface area contributed by atoms with Crippen LogP contribution >= 0.6 is 11.6 Å². The molecule has 0 saturated carbocycles. The molecule has 0 unspecified atom stereocenters. The van der Waals surface area contributed by atoms with Gasteiger partial charge in [0.05, 0.1) is 0 Å². The predicted molar refractivity (Wildman–Crippen MR) is 88.5 cm³/mol. The third-order valence-corrected chi connectivity index (χ3v) is 4.33. The molecule has 1 saturated heterocycles. The minimum atomic E-state index is 0.0213. The molecule has 1 aliphatic heterocycles. The fourth-order valence-electron chi connectivity index (χ4n) is 2.79. The Kier molecular flexibility index (Phi) is 4.50. The number of fused-ring (bicyclic) bond motifs is 1. The van der Waals surface area contributed by atoms with E-state index in [0.717, 1.165) is 30.4 Å². The molecular weight excluding hydrogens is 300 g/mol. The fourth-order valence-corrected chi connectivity index (χ4v) is 3.02. The molecule has 1 aliphatic rings. The van der Waals surface area contributed by atoms with Crippen molar-refractivity contribution in [2.45, 2.75) is 13.0 Å². The number of ether oxygens (including phenoxy) is 1. The van der Waals surface area contributed by atoms with Crippen molar-refractivity contribution in [2.24, 2.45) is 0 Å². The van der Waals surface area contributed by atoms with Gasteiger partial charge in [0.15, 0.2) is 6.61 Å². The maximum atomic E-state index is 12.3. The van der Waals surface area contributed by atoms with Gasteiger partial charge < -0.3 is 15.0 Å². The van der Waals surface area contributed by atoms with E-state index in [1.54, 1.807) is 6.07 Å². The van der Waals surface area contributed by atoms with Crippen LogP contribution in [0.2, 0.25) is 5.02 Å². The van der Waals surface area contributed by atoms with Crippen LogP contribution in [0.5, 0.6) is 5.75 Å². The summed E-state index contributed by atoms with van der Waals surface area (Å²) < 4.78 is 5.77. The third kappa shape index (κ3) is 3.03. The lowest BCUT2D eigenvalue weighted by Crippen LogP contribution is -2.53. The molecule has 116 valence electrons. The largest absolute Gasteiger partial charge is 0.483 e. The van der Waals surface area contributed by atoms with Gasteiger partial charge in [-0.2, -0.15) is 0 Å². The summed E-state index contributed by atoms with van der Waals surface area (Å²) >= 11 is 6.19. The average Bonchev–Trinajstić information content (AvgIpc) is 2.55. The molecule has 4 nitrogen and oxygen atoms in total. The molecule has 1 fully saturated rings. The topological polar surface area (TPSA) is 41.6 Å². The lowest BCUT2D eigenvalue weighted by molar-refractivity contribution is -0.136. The first-order valence-electron chi connectivity index (χ1n) is 7.47. The van der Waals surface area contributed by atoms with Gasteiger partial charge in [-0.25, -0.2) is 0 Å². The number of nitrogens with zero attached hydrogens (tertiary/aromatic N) is 1. The molecule has 2 aromatic rings. The molecule has 1 N–H and O–H groups in total. The molecule has 5 heteroatoms. The summed E-state index contributed by atoms with van der Waals surface area (Å²) in [6.45, 7) is 4.48. The van der Waals surface area contributed by atoms with Gasteiger partial charge >= 0.3 is 0 Å². The van der Waals surface area contributed by atoms with Crippen molar-refractivity contribution in [1.29, 1.82) is 0 Å². The van der Waals surface area contributed by atoms with Gasteiger partial charge in [0, 0.05) is 41.5 Å². The molecule has 22 heavy (non-hydrogen) atoms. The van der Waals surface area contributed by atoms with Gasteiger partial charge in [-0.1, -0.05) is 35.9 Å². The number of amides is 1. The second-order valence-electron chi connectivity index (χ2n) is 5.52. The third-order valence-electron chi connectivity index (χ3n) is 4.00. The van der Waals surface area contributed by atoms with E-state index >= 15 is 0 Å². The quantitative estimate of drug-likeness (QED) is 0.946. The van der Waals surface area contributed by atoms with Crippen molar-refractivity contribution >= 4 is 28.3 Å². The first-order valence-corrected chi connectivity index (χ1v) is 7.85.